The van der Waals surface area contributed by atoms with Gasteiger partial charge in [-0.1, -0.05) is 35.9 Å². The molecule has 2 aromatic carbocycles. The molecule has 26 heavy (non-hydrogen) atoms. The number of benzene rings is 2. The van der Waals surface area contributed by atoms with E-state index >= 15 is 0 Å². The van der Waals surface area contributed by atoms with E-state index in [0.29, 0.717) is 0 Å². The molecule has 0 saturated carbocycles. The van der Waals surface area contributed by atoms with E-state index in [1.54, 1.807) is 0 Å². The van der Waals surface area contributed by atoms with E-state index in [4.69, 9.17) is 17.3 Å². The molecule has 0 amide bonds. The number of rotatable bonds is 2. The first-order valence-corrected chi connectivity index (χ1v) is 7.89. The Labute approximate surface area is 151 Å². The van der Waals surface area contributed by atoms with Crippen molar-refractivity contribution in [3.63, 3.8) is 0 Å². The molecule has 0 saturated heterocycles. The highest BCUT2D eigenvalue weighted by Crippen LogP contribution is 2.41. The van der Waals surface area contributed by atoms with E-state index < -0.39 is 29.4 Å². The zero-order valence-electron chi connectivity index (χ0n) is 13.4. The number of likely N-dealkylation sites (N-methyl/N-ethyl adjacent to an activating group) is 1. The highest BCUT2D eigenvalue weighted by Gasteiger charge is 2.40. The Hall–Kier alpha value is -2.54. The van der Waals surface area contributed by atoms with Crippen molar-refractivity contribution in [1.82, 2.24) is 4.90 Å². The summed E-state index contributed by atoms with van der Waals surface area (Å²) in [6.07, 6.45) is -4.55. The van der Waals surface area contributed by atoms with Gasteiger partial charge in [0, 0.05) is 12.6 Å². The van der Waals surface area contributed by atoms with E-state index in [9.17, 15) is 22.4 Å². The Morgan fingerprint density at radius 2 is 1.81 bits per heavy atom. The molecule has 0 bridgehead atoms. The molecular formula is C18H13ClF4N2O. The first-order chi connectivity index (χ1) is 12.1. The number of carbonyl (C=O) groups is 1. The van der Waals surface area contributed by atoms with Gasteiger partial charge in [-0.05, 0) is 23.8 Å². The van der Waals surface area contributed by atoms with Crippen molar-refractivity contribution in [2.45, 2.75) is 12.2 Å². The molecule has 3 nitrogen and oxygen atoms in total. The van der Waals surface area contributed by atoms with Gasteiger partial charge in [0.1, 0.15) is 17.7 Å². The lowest BCUT2D eigenvalue weighted by molar-refractivity contribution is -0.137. The summed E-state index contributed by atoms with van der Waals surface area (Å²) in [5.74, 6) is -1.24. The summed E-state index contributed by atoms with van der Waals surface area (Å²) in [4.78, 5) is 14.3. The molecule has 2 aromatic rings. The van der Waals surface area contributed by atoms with Gasteiger partial charge in [-0.15, -0.1) is 0 Å². The fourth-order valence-corrected chi connectivity index (χ4v) is 3.21. The predicted molar refractivity (Wildman–Crippen MR) is 89.5 cm³/mol. The van der Waals surface area contributed by atoms with Crippen LogP contribution in [0.2, 0.25) is 5.02 Å². The van der Waals surface area contributed by atoms with Crippen molar-refractivity contribution in [1.29, 1.82) is 0 Å². The minimum absolute atomic E-state index is 0.000322. The van der Waals surface area contributed by atoms with Crippen molar-refractivity contribution in [2.24, 2.45) is 5.73 Å². The first-order valence-electron chi connectivity index (χ1n) is 7.51. The van der Waals surface area contributed by atoms with Gasteiger partial charge in [0.2, 0.25) is 0 Å². The maximum Gasteiger partial charge on any atom is 0.416 e. The number of carbonyl (C=O) groups excluding carboxylic acids is 1. The van der Waals surface area contributed by atoms with Crippen LogP contribution >= 0.6 is 11.6 Å². The normalized spacial score (nSPS) is 18.0. The molecule has 3 rings (SSSR count). The van der Waals surface area contributed by atoms with Crippen LogP contribution in [0.5, 0.6) is 0 Å². The summed E-state index contributed by atoms with van der Waals surface area (Å²) < 4.78 is 52.6. The van der Waals surface area contributed by atoms with Crippen molar-refractivity contribution in [2.75, 3.05) is 7.05 Å². The molecule has 0 radical (unpaired) electrons. The average Bonchev–Trinajstić information content (AvgIpc) is 2.79. The zero-order valence-corrected chi connectivity index (χ0v) is 14.2. The van der Waals surface area contributed by atoms with Crippen LogP contribution in [0.25, 0.3) is 5.57 Å². The van der Waals surface area contributed by atoms with Crippen molar-refractivity contribution >= 4 is 23.0 Å². The fraction of sp³-hybridized carbons (Fsp3) is 0.167. The van der Waals surface area contributed by atoms with E-state index in [2.05, 4.69) is 0 Å². The first kappa shape index (κ1) is 18.3. The monoisotopic (exact) mass is 384 g/mol. The van der Waals surface area contributed by atoms with Gasteiger partial charge in [0.25, 0.3) is 0 Å². The lowest BCUT2D eigenvalue weighted by Crippen LogP contribution is -2.26. The van der Waals surface area contributed by atoms with Crippen LogP contribution in [0, 0.1) is 5.82 Å². The summed E-state index contributed by atoms with van der Waals surface area (Å²) in [5, 5.41) is -0.226. The molecule has 2 N–H and O–H groups in total. The number of alkyl halides is 3. The highest BCUT2D eigenvalue weighted by atomic mass is 35.5. The van der Waals surface area contributed by atoms with Gasteiger partial charge in [-0.25, -0.2) is 4.39 Å². The fourth-order valence-electron chi connectivity index (χ4n) is 2.98. The second-order valence-electron chi connectivity index (χ2n) is 5.86. The maximum atomic E-state index is 13.8. The summed E-state index contributed by atoms with van der Waals surface area (Å²) in [7, 11) is 1.50. The Morgan fingerprint density at radius 1 is 1.15 bits per heavy atom. The molecule has 0 aromatic heterocycles. The smallest absolute Gasteiger partial charge is 0.385 e. The molecule has 136 valence electrons. The molecule has 0 aliphatic carbocycles. The van der Waals surface area contributed by atoms with E-state index in [-0.39, 0.29) is 27.5 Å². The number of ketones is 1. The standard InChI is InChI=1S/C18H13ClF4N2O/c1-25-15(11-6-3-7-12(20)14(11)19)16(26)13(17(25)24)9-4-2-5-10(8-9)18(21,22)23/h2-8,15H,24H2,1H3. The summed E-state index contributed by atoms with van der Waals surface area (Å²) >= 11 is 5.97. The third-order valence-electron chi connectivity index (χ3n) is 4.27. The lowest BCUT2D eigenvalue weighted by atomic mass is 9.95. The summed E-state index contributed by atoms with van der Waals surface area (Å²) in [5.41, 5.74) is 5.29. The van der Waals surface area contributed by atoms with Gasteiger partial charge >= 0.3 is 6.18 Å². The maximum absolute atomic E-state index is 13.8. The molecule has 1 unspecified atom stereocenters. The predicted octanol–water partition coefficient (Wildman–Crippen LogP) is 4.38. The van der Waals surface area contributed by atoms with Gasteiger partial charge in [-0.2, -0.15) is 13.2 Å². The van der Waals surface area contributed by atoms with Gasteiger partial charge in [-0.3, -0.25) is 4.79 Å². The van der Waals surface area contributed by atoms with Gasteiger partial charge in [0.15, 0.2) is 5.78 Å². The number of nitrogens with zero attached hydrogens (tertiary/aromatic N) is 1. The summed E-state index contributed by atoms with van der Waals surface area (Å²) in [6, 6.07) is 7.36. The highest BCUT2D eigenvalue weighted by molar-refractivity contribution is 6.33. The molecule has 1 aliphatic heterocycles. The minimum Gasteiger partial charge on any atom is -0.385 e. The molecule has 1 atom stereocenters. The summed E-state index contributed by atoms with van der Waals surface area (Å²) in [6.45, 7) is 0. The van der Waals surface area contributed by atoms with Crippen LogP contribution in [0.3, 0.4) is 0 Å². The second kappa shape index (κ2) is 6.32. The quantitative estimate of drug-likeness (QED) is 0.781. The van der Waals surface area contributed by atoms with Crippen LogP contribution in [-0.2, 0) is 11.0 Å². The van der Waals surface area contributed by atoms with Gasteiger partial charge in [0.05, 0.1) is 16.2 Å². The molecule has 1 heterocycles. The van der Waals surface area contributed by atoms with Crippen LogP contribution in [0.1, 0.15) is 22.7 Å². The largest absolute Gasteiger partial charge is 0.416 e. The molecular weight excluding hydrogens is 372 g/mol. The molecule has 1 aliphatic rings. The third kappa shape index (κ3) is 2.92. The van der Waals surface area contributed by atoms with E-state index in [1.165, 1.54) is 36.2 Å². The number of hydrogen-bond donors (Lipinski definition) is 1. The number of nitrogens with two attached hydrogens (primary N) is 1. The average molecular weight is 385 g/mol. The Bertz CT molecular complexity index is 924. The number of halogens is 5. The topological polar surface area (TPSA) is 46.3 Å². The van der Waals surface area contributed by atoms with Crippen molar-refractivity contribution < 1.29 is 22.4 Å². The van der Waals surface area contributed by atoms with Crippen LogP contribution in [-0.4, -0.2) is 17.7 Å². The van der Waals surface area contributed by atoms with E-state index in [0.717, 1.165) is 18.2 Å². The zero-order chi connectivity index (χ0) is 19.2. The van der Waals surface area contributed by atoms with E-state index in [1.807, 2.05) is 0 Å². The Balaban J connectivity index is 2.08. The third-order valence-corrected chi connectivity index (χ3v) is 4.67. The molecule has 8 heteroatoms. The Kier molecular flexibility index (Phi) is 4.44. The van der Waals surface area contributed by atoms with Gasteiger partial charge < -0.3 is 10.6 Å². The lowest BCUT2D eigenvalue weighted by Gasteiger charge is -2.23. The number of hydrogen-bond acceptors (Lipinski definition) is 3. The van der Waals surface area contributed by atoms with Crippen molar-refractivity contribution in [3.05, 3.63) is 75.8 Å². The van der Waals surface area contributed by atoms with Crippen LogP contribution in [0.4, 0.5) is 17.6 Å². The number of Topliss-reactive ketones (excluding diaryl/α,β-unsaturated/α-hetero) is 1. The SMILES string of the molecule is CN1C(N)=C(c2cccc(C(F)(F)F)c2)C(=O)C1c1cccc(F)c1Cl. The van der Waals surface area contributed by atoms with Crippen LogP contribution < -0.4 is 5.73 Å². The Morgan fingerprint density at radius 3 is 2.46 bits per heavy atom. The minimum atomic E-state index is -4.55. The van der Waals surface area contributed by atoms with Crippen LogP contribution in [0.15, 0.2) is 48.3 Å². The molecule has 0 spiro atoms. The molecule has 0 fully saturated rings. The van der Waals surface area contributed by atoms with Crippen molar-refractivity contribution in [3.8, 4) is 0 Å². The second-order valence-corrected chi connectivity index (χ2v) is 6.24.